The number of rotatable bonds is 5. The van der Waals surface area contributed by atoms with Crippen LogP contribution in [0.4, 0.5) is 4.79 Å². The fraction of sp³-hybridized carbons (Fsp3) is 0.833. The number of hydrogen-bond acceptors (Lipinski definition) is 3. The van der Waals surface area contributed by atoms with Crippen molar-refractivity contribution in [2.24, 2.45) is 0 Å². The second kappa shape index (κ2) is 7.76. The summed E-state index contributed by atoms with van der Waals surface area (Å²) in [6.07, 6.45) is 3.64. The van der Waals surface area contributed by atoms with Crippen LogP contribution in [-0.2, 0) is 0 Å². The Bertz CT molecular complexity index is 97.7. The van der Waals surface area contributed by atoms with Crippen LogP contribution in [0.1, 0.15) is 26.2 Å². The summed E-state index contributed by atoms with van der Waals surface area (Å²) in [7, 11) is 2.66. The minimum atomic E-state index is -0.318. The van der Waals surface area contributed by atoms with Crippen molar-refractivity contribution in [3.8, 4) is 0 Å². The average molecular weight is 199 g/mol. The molecule has 0 aromatic heterocycles. The molecule has 0 amide bonds. The van der Waals surface area contributed by atoms with Gasteiger partial charge in [-0.25, -0.2) is 0 Å². The normalized spacial score (nSPS) is 9.80. The molecule has 0 aromatic carbocycles. The predicted octanol–water partition coefficient (Wildman–Crippen LogP) is 3.92. The van der Waals surface area contributed by atoms with E-state index in [2.05, 4.69) is 6.92 Å². The van der Waals surface area contributed by atoms with Crippen molar-refractivity contribution >= 4 is 37.8 Å². The summed E-state index contributed by atoms with van der Waals surface area (Å²) in [5.74, 6) is 1.02. The molecule has 0 aliphatic rings. The monoisotopic (exact) mass is 198 g/mol. The van der Waals surface area contributed by atoms with Gasteiger partial charge in [0, 0.05) is 5.75 Å². The number of carbonyl (C=O) groups excluding carboxylic acids is 1. The van der Waals surface area contributed by atoms with E-state index in [1.54, 1.807) is 0 Å². The number of hydrogen-bond donors (Lipinski definition) is 0. The van der Waals surface area contributed by atoms with Gasteiger partial charge in [-0.05, 0) is 28.8 Å². The third-order valence-electron chi connectivity index (χ3n) is 0.956. The summed E-state index contributed by atoms with van der Waals surface area (Å²) in [6, 6.07) is 0. The smallest absolute Gasteiger partial charge is 0.267 e. The first-order valence-corrected chi connectivity index (χ1v) is 5.96. The molecule has 60 valence electrons. The van der Waals surface area contributed by atoms with E-state index in [0.29, 0.717) is 0 Å². The Morgan fingerprint density at radius 1 is 1.50 bits per heavy atom. The summed E-state index contributed by atoms with van der Waals surface area (Å²) in [5, 5.41) is 0. The molecular formula is C6H11ClOS2. The number of halogens is 1. The van der Waals surface area contributed by atoms with E-state index in [1.807, 2.05) is 0 Å². The molecule has 0 bridgehead atoms. The van der Waals surface area contributed by atoms with Crippen LogP contribution in [0, 0.1) is 0 Å². The van der Waals surface area contributed by atoms with Gasteiger partial charge in [0.15, 0.2) is 0 Å². The van der Waals surface area contributed by atoms with Gasteiger partial charge in [-0.15, -0.1) is 0 Å². The van der Waals surface area contributed by atoms with Crippen molar-refractivity contribution in [3.05, 3.63) is 0 Å². The molecule has 0 aliphatic heterocycles. The molecule has 0 heterocycles. The minimum Gasteiger partial charge on any atom is -0.267 e. The number of unbranched alkanes of at least 4 members (excludes halogenated alkanes) is 2. The lowest BCUT2D eigenvalue weighted by Crippen LogP contribution is -1.76. The van der Waals surface area contributed by atoms with Gasteiger partial charge in [0.05, 0.1) is 0 Å². The largest absolute Gasteiger partial charge is 0.290 e. The van der Waals surface area contributed by atoms with Crippen molar-refractivity contribution in [3.63, 3.8) is 0 Å². The highest BCUT2D eigenvalue weighted by atomic mass is 35.5. The number of carbonyl (C=O) groups is 1. The van der Waals surface area contributed by atoms with Crippen molar-refractivity contribution in [1.29, 1.82) is 0 Å². The van der Waals surface area contributed by atoms with E-state index in [-0.39, 0.29) is 4.57 Å². The van der Waals surface area contributed by atoms with Crippen molar-refractivity contribution in [2.45, 2.75) is 26.2 Å². The molecule has 0 N–H and O–H groups in total. The van der Waals surface area contributed by atoms with Crippen molar-refractivity contribution in [2.75, 3.05) is 5.75 Å². The van der Waals surface area contributed by atoms with Crippen LogP contribution >= 0.6 is 33.2 Å². The summed E-state index contributed by atoms with van der Waals surface area (Å²) in [6.45, 7) is 2.16. The maximum absolute atomic E-state index is 10.2. The predicted molar refractivity (Wildman–Crippen MR) is 50.8 cm³/mol. The Morgan fingerprint density at radius 2 is 2.20 bits per heavy atom. The Morgan fingerprint density at radius 3 is 2.70 bits per heavy atom. The summed E-state index contributed by atoms with van der Waals surface area (Å²) < 4.78 is -0.318. The first kappa shape index (κ1) is 10.7. The van der Waals surface area contributed by atoms with Crippen LogP contribution in [0.3, 0.4) is 0 Å². The second-order valence-corrected chi connectivity index (χ2v) is 4.81. The van der Waals surface area contributed by atoms with E-state index < -0.39 is 0 Å². The van der Waals surface area contributed by atoms with Crippen LogP contribution in [0.15, 0.2) is 0 Å². The van der Waals surface area contributed by atoms with Gasteiger partial charge in [-0.3, -0.25) is 4.79 Å². The van der Waals surface area contributed by atoms with Gasteiger partial charge in [-0.2, -0.15) is 0 Å². The molecule has 0 rings (SSSR count). The first-order chi connectivity index (χ1) is 4.77. The molecule has 0 aromatic rings. The topological polar surface area (TPSA) is 17.1 Å². The second-order valence-electron chi connectivity index (χ2n) is 1.85. The Balaban J connectivity index is 2.84. The highest BCUT2D eigenvalue weighted by molar-refractivity contribution is 8.82. The first-order valence-electron chi connectivity index (χ1n) is 3.26. The third kappa shape index (κ3) is 8.66. The molecule has 10 heavy (non-hydrogen) atoms. The van der Waals surface area contributed by atoms with Gasteiger partial charge < -0.3 is 0 Å². The molecule has 0 aliphatic carbocycles. The molecule has 0 atom stereocenters. The fourth-order valence-corrected chi connectivity index (χ4v) is 2.28. The lowest BCUT2D eigenvalue weighted by molar-refractivity contribution is 0.276. The highest BCUT2D eigenvalue weighted by Gasteiger charge is 1.95. The molecule has 0 saturated carbocycles. The zero-order valence-electron chi connectivity index (χ0n) is 5.93. The Hall–Kier alpha value is 0.660. The summed E-state index contributed by atoms with van der Waals surface area (Å²) in [4.78, 5) is 10.2. The van der Waals surface area contributed by atoms with Gasteiger partial charge in [0.2, 0.25) is 0 Å². The maximum Gasteiger partial charge on any atom is 0.290 e. The van der Waals surface area contributed by atoms with Gasteiger partial charge in [-0.1, -0.05) is 30.6 Å². The van der Waals surface area contributed by atoms with E-state index in [9.17, 15) is 4.79 Å². The Labute approximate surface area is 74.7 Å². The zero-order chi connectivity index (χ0) is 7.82. The molecule has 0 unspecified atom stereocenters. The molecule has 0 spiro atoms. The van der Waals surface area contributed by atoms with Crippen LogP contribution in [0.2, 0.25) is 0 Å². The van der Waals surface area contributed by atoms with E-state index in [4.69, 9.17) is 11.6 Å². The van der Waals surface area contributed by atoms with Gasteiger partial charge in [0.25, 0.3) is 4.57 Å². The Kier molecular flexibility index (Phi) is 8.28. The van der Waals surface area contributed by atoms with E-state index in [0.717, 1.165) is 16.5 Å². The lowest BCUT2D eigenvalue weighted by atomic mass is 10.3. The molecule has 0 fully saturated rings. The molecular weight excluding hydrogens is 188 g/mol. The van der Waals surface area contributed by atoms with Crippen LogP contribution in [0.5, 0.6) is 0 Å². The zero-order valence-corrected chi connectivity index (χ0v) is 8.32. The van der Waals surface area contributed by atoms with Crippen molar-refractivity contribution < 1.29 is 4.79 Å². The maximum atomic E-state index is 10.2. The standard InChI is InChI=1S/C6H11ClOS2/c1-2-3-4-5-9-10-6(7)8/h2-5H2,1H3. The van der Waals surface area contributed by atoms with Gasteiger partial charge >= 0.3 is 0 Å². The molecule has 1 nitrogen and oxygen atoms in total. The molecule has 0 radical (unpaired) electrons. The summed E-state index contributed by atoms with van der Waals surface area (Å²) in [5.41, 5.74) is 0. The van der Waals surface area contributed by atoms with Crippen LogP contribution < -0.4 is 0 Å². The quantitative estimate of drug-likeness (QED) is 0.379. The van der Waals surface area contributed by atoms with Gasteiger partial charge in [0.1, 0.15) is 0 Å². The lowest BCUT2D eigenvalue weighted by Gasteiger charge is -1.94. The highest BCUT2D eigenvalue weighted by Crippen LogP contribution is 2.25. The van der Waals surface area contributed by atoms with Crippen LogP contribution in [0.25, 0.3) is 0 Å². The third-order valence-corrected chi connectivity index (χ3v) is 3.47. The average Bonchev–Trinajstić information content (AvgIpc) is 1.87. The fourth-order valence-electron chi connectivity index (χ4n) is 0.499. The van der Waals surface area contributed by atoms with E-state index in [1.165, 1.54) is 30.1 Å². The van der Waals surface area contributed by atoms with Crippen LogP contribution in [-0.4, -0.2) is 10.3 Å². The molecule has 4 heteroatoms. The SMILES string of the molecule is CCCCCSSC(=O)Cl. The minimum absolute atomic E-state index is 0.318. The molecule has 0 saturated heterocycles. The van der Waals surface area contributed by atoms with Crippen molar-refractivity contribution in [1.82, 2.24) is 0 Å². The summed E-state index contributed by atoms with van der Waals surface area (Å²) >= 11 is 5.09. The van der Waals surface area contributed by atoms with E-state index >= 15 is 0 Å².